The van der Waals surface area contributed by atoms with Gasteiger partial charge >= 0.3 is 0 Å². The maximum atomic E-state index is 12.8. The maximum Gasteiger partial charge on any atom is 0.265 e. The average molecular weight is 434 g/mol. The van der Waals surface area contributed by atoms with Crippen molar-refractivity contribution in [3.63, 3.8) is 0 Å². The Morgan fingerprint density at radius 3 is 2.71 bits per heavy atom. The molecule has 2 heterocycles. The molecule has 0 radical (unpaired) electrons. The lowest BCUT2D eigenvalue weighted by molar-refractivity contribution is -0.122. The Morgan fingerprint density at radius 1 is 1.10 bits per heavy atom. The summed E-state index contributed by atoms with van der Waals surface area (Å²) in [5.41, 5.74) is 4.52. The monoisotopic (exact) mass is 433 g/mol. The van der Waals surface area contributed by atoms with E-state index in [-0.39, 0.29) is 5.91 Å². The average Bonchev–Trinajstić information content (AvgIpc) is 3.20. The van der Waals surface area contributed by atoms with Gasteiger partial charge in [-0.05, 0) is 62.2 Å². The highest BCUT2D eigenvalue weighted by atomic mass is 32.1. The minimum absolute atomic E-state index is 0.242. The first-order valence-electron chi connectivity index (χ1n) is 9.89. The predicted octanol–water partition coefficient (Wildman–Crippen LogP) is 5.39. The van der Waals surface area contributed by atoms with Gasteiger partial charge in [0.25, 0.3) is 5.91 Å². The summed E-state index contributed by atoms with van der Waals surface area (Å²) in [6.45, 7) is 5.64. The number of carbonyl (C=O) groups excluding carboxylic acids is 1. The summed E-state index contributed by atoms with van der Waals surface area (Å²) in [5.74, 6) is 0.888. The fourth-order valence-electron chi connectivity index (χ4n) is 3.13. The van der Waals surface area contributed by atoms with Crippen molar-refractivity contribution in [1.82, 2.24) is 9.97 Å². The van der Waals surface area contributed by atoms with Gasteiger partial charge in [0, 0.05) is 17.4 Å². The number of carbonyl (C=O) groups is 1. The molecule has 158 valence electrons. The van der Waals surface area contributed by atoms with E-state index in [2.05, 4.69) is 15.3 Å². The van der Waals surface area contributed by atoms with Gasteiger partial charge in [-0.2, -0.15) is 0 Å². The van der Waals surface area contributed by atoms with Gasteiger partial charge < -0.3 is 14.8 Å². The van der Waals surface area contributed by atoms with Crippen molar-refractivity contribution in [2.45, 2.75) is 26.9 Å². The minimum atomic E-state index is -0.702. The summed E-state index contributed by atoms with van der Waals surface area (Å²) in [7, 11) is 1.58. The van der Waals surface area contributed by atoms with Crippen molar-refractivity contribution in [3.8, 4) is 22.1 Å². The third-order valence-electron chi connectivity index (χ3n) is 4.90. The molecule has 4 rings (SSSR count). The molecule has 2 aromatic carbocycles. The van der Waals surface area contributed by atoms with Gasteiger partial charge in [0.2, 0.25) is 0 Å². The lowest BCUT2D eigenvalue weighted by Gasteiger charge is -2.18. The number of benzene rings is 2. The van der Waals surface area contributed by atoms with Crippen LogP contribution in [0.1, 0.15) is 18.1 Å². The van der Waals surface area contributed by atoms with Gasteiger partial charge in [0.05, 0.1) is 7.11 Å². The van der Waals surface area contributed by atoms with Gasteiger partial charge in [-0.15, -0.1) is 0 Å². The van der Waals surface area contributed by atoms with Crippen molar-refractivity contribution < 1.29 is 14.3 Å². The number of hydrogen-bond acceptors (Lipinski definition) is 6. The predicted molar refractivity (Wildman–Crippen MR) is 124 cm³/mol. The van der Waals surface area contributed by atoms with Crippen molar-refractivity contribution in [1.29, 1.82) is 0 Å². The molecule has 0 aliphatic carbocycles. The number of anilines is 1. The number of hydrogen-bond donors (Lipinski definition) is 1. The SMILES string of the molecule is COc1cc(C)ccc1OC(C)C(=O)Nc1cc(-c2nc3cccnc3s2)ccc1C. The number of pyridine rings is 1. The minimum Gasteiger partial charge on any atom is -0.493 e. The smallest absolute Gasteiger partial charge is 0.265 e. The van der Waals surface area contributed by atoms with Crippen LogP contribution in [-0.2, 0) is 4.79 Å². The Kier molecular flexibility index (Phi) is 5.86. The molecule has 1 amide bonds. The Morgan fingerprint density at radius 2 is 1.94 bits per heavy atom. The first-order chi connectivity index (χ1) is 14.9. The summed E-state index contributed by atoms with van der Waals surface area (Å²) < 4.78 is 11.2. The van der Waals surface area contributed by atoms with Crippen LogP contribution in [-0.4, -0.2) is 29.1 Å². The summed E-state index contributed by atoms with van der Waals surface area (Å²) in [5, 5.41) is 3.84. The maximum absolute atomic E-state index is 12.8. The molecule has 0 saturated carbocycles. The molecule has 0 saturated heterocycles. The van der Waals surface area contributed by atoms with E-state index in [1.807, 2.05) is 62.4 Å². The van der Waals surface area contributed by atoms with E-state index in [1.165, 1.54) is 11.3 Å². The normalized spacial score (nSPS) is 11.9. The van der Waals surface area contributed by atoms with Crippen LogP contribution < -0.4 is 14.8 Å². The van der Waals surface area contributed by atoms with E-state index < -0.39 is 6.10 Å². The number of aromatic nitrogens is 2. The third-order valence-corrected chi connectivity index (χ3v) is 5.93. The van der Waals surface area contributed by atoms with Gasteiger partial charge in [-0.3, -0.25) is 4.79 Å². The van der Waals surface area contributed by atoms with Gasteiger partial charge in [0.15, 0.2) is 17.6 Å². The van der Waals surface area contributed by atoms with E-state index in [0.29, 0.717) is 11.5 Å². The van der Waals surface area contributed by atoms with E-state index in [1.54, 1.807) is 20.2 Å². The second-order valence-electron chi connectivity index (χ2n) is 7.28. The molecule has 1 unspecified atom stereocenters. The zero-order valence-electron chi connectivity index (χ0n) is 17.8. The number of fused-ring (bicyclic) bond motifs is 1. The Hall–Kier alpha value is -3.45. The van der Waals surface area contributed by atoms with Crippen LogP contribution in [0.4, 0.5) is 5.69 Å². The fourth-order valence-corrected chi connectivity index (χ4v) is 4.04. The number of ether oxygens (including phenoxy) is 2. The molecule has 4 aromatic rings. The zero-order valence-corrected chi connectivity index (χ0v) is 18.6. The number of aryl methyl sites for hydroxylation is 2. The molecule has 2 aromatic heterocycles. The van der Waals surface area contributed by atoms with E-state index in [4.69, 9.17) is 9.47 Å². The molecule has 0 bridgehead atoms. The molecular weight excluding hydrogens is 410 g/mol. The molecule has 1 N–H and O–H groups in total. The highest BCUT2D eigenvalue weighted by Gasteiger charge is 2.18. The van der Waals surface area contributed by atoms with Crippen molar-refractivity contribution in [2.75, 3.05) is 12.4 Å². The largest absolute Gasteiger partial charge is 0.493 e. The zero-order chi connectivity index (χ0) is 22.0. The number of methoxy groups -OCH3 is 1. The summed E-state index contributed by atoms with van der Waals surface area (Å²) in [4.78, 5) is 22.7. The van der Waals surface area contributed by atoms with E-state index in [9.17, 15) is 4.79 Å². The second kappa shape index (κ2) is 8.73. The highest BCUT2D eigenvalue weighted by molar-refractivity contribution is 7.21. The fraction of sp³-hybridized carbons (Fsp3) is 0.208. The van der Waals surface area contributed by atoms with Crippen LogP contribution in [0.15, 0.2) is 54.7 Å². The number of nitrogens with one attached hydrogen (secondary N) is 1. The van der Waals surface area contributed by atoms with Crippen molar-refractivity contribution in [2.24, 2.45) is 0 Å². The van der Waals surface area contributed by atoms with E-state index in [0.717, 1.165) is 37.7 Å². The number of amides is 1. The van der Waals surface area contributed by atoms with Crippen LogP contribution in [0.5, 0.6) is 11.5 Å². The second-order valence-corrected chi connectivity index (χ2v) is 8.26. The molecule has 0 aliphatic heterocycles. The van der Waals surface area contributed by atoms with E-state index >= 15 is 0 Å². The van der Waals surface area contributed by atoms with Crippen molar-refractivity contribution in [3.05, 3.63) is 65.9 Å². The standard InChI is InChI=1S/C24H23N3O3S/c1-14-7-10-20(21(12-14)29-4)30-16(3)22(28)26-19-13-17(9-8-15(19)2)23-27-18-6-5-11-25-24(18)31-23/h5-13,16H,1-4H3,(H,26,28). The molecule has 31 heavy (non-hydrogen) atoms. The lowest BCUT2D eigenvalue weighted by Crippen LogP contribution is -2.30. The molecule has 0 fully saturated rings. The van der Waals surface area contributed by atoms with Gasteiger partial charge in [-0.1, -0.05) is 29.5 Å². The van der Waals surface area contributed by atoms with Gasteiger partial charge in [0.1, 0.15) is 15.4 Å². The first kappa shape index (κ1) is 20.8. The lowest BCUT2D eigenvalue weighted by atomic mass is 10.1. The first-order valence-corrected chi connectivity index (χ1v) is 10.7. The summed E-state index contributed by atoms with van der Waals surface area (Å²) in [6, 6.07) is 15.3. The molecule has 1 atom stereocenters. The highest BCUT2D eigenvalue weighted by Crippen LogP contribution is 2.32. The quantitative estimate of drug-likeness (QED) is 0.441. The Balaban J connectivity index is 1.53. The molecular formula is C24H23N3O3S. The molecule has 7 heteroatoms. The van der Waals surface area contributed by atoms with Crippen LogP contribution >= 0.6 is 11.3 Å². The Labute approximate surface area is 184 Å². The van der Waals surface area contributed by atoms with Crippen LogP contribution in [0.2, 0.25) is 0 Å². The molecule has 6 nitrogen and oxygen atoms in total. The van der Waals surface area contributed by atoms with Crippen LogP contribution in [0.3, 0.4) is 0 Å². The summed E-state index contributed by atoms with van der Waals surface area (Å²) >= 11 is 1.52. The van der Waals surface area contributed by atoms with Crippen LogP contribution in [0.25, 0.3) is 20.9 Å². The topological polar surface area (TPSA) is 73.3 Å². The van der Waals surface area contributed by atoms with Gasteiger partial charge in [-0.25, -0.2) is 9.97 Å². The Bertz CT molecular complexity index is 1220. The third kappa shape index (κ3) is 4.51. The summed E-state index contributed by atoms with van der Waals surface area (Å²) in [6.07, 6.45) is 1.06. The molecule has 0 aliphatic rings. The van der Waals surface area contributed by atoms with Crippen molar-refractivity contribution >= 4 is 33.3 Å². The molecule has 0 spiro atoms. The number of rotatable bonds is 6. The van der Waals surface area contributed by atoms with Crippen LogP contribution in [0, 0.1) is 13.8 Å². The number of nitrogens with zero attached hydrogens (tertiary/aromatic N) is 2. The number of thiazole rings is 1.